The molecule has 3 aromatic carbocycles. The number of carbonyl (C=O) groups is 1. The number of hydrogen-bond acceptors (Lipinski definition) is 3. The van der Waals surface area contributed by atoms with Crippen LogP contribution in [0.3, 0.4) is 0 Å². The second kappa shape index (κ2) is 8.88. The highest BCUT2D eigenvalue weighted by molar-refractivity contribution is 5.90. The second-order valence-electron chi connectivity index (χ2n) is 7.47. The van der Waals surface area contributed by atoms with Gasteiger partial charge >= 0.3 is 0 Å². The lowest BCUT2D eigenvalue weighted by molar-refractivity contribution is -0.120. The number of rotatable bonds is 6. The van der Waals surface area contributed by atoms with E-state index in [0.29, 0.717) is 0 Å². The van der Waals surface area contributed by atoms with Crippen LogP contribution < -0.4 is 10.2 Å². The van der Waals surface area contributed by atoms with Gasteiger partial charge in [0.1, 0.15) is 5.75 Å². The summed E-state index contributed by atoms with van der Waals surface area (Å²) in [4.78, 5) is 12.4. The molecule has 4 aromatic rings. The third-order valence-electron chi connectivity index (χ3n) is 5.42. The van der Waals surface area contributed by atoms with Gasteiger partial charge in [-0.1, -0.05) is 42.5 Å². The molecule has 1 heterocycles. The Balaban J connectivity index is 1.47. The Bertz CT molecular complexity index is 1250. The molecule has 0 aliphatic carbocycles. The number of carbonyl (C=O) groups excluding carboxylic acids is 1. The zero-order valence-electron chi connectivity index (χ0n) is 17.9. The molecule has 0 aliphatic rings. The predicted octanol–water partition coefficient (Wildman–Crippen LogP) is 4.95. The number of aromatic nitrogens is 1. The summed E-state index contributed by atoms with van der Waals surface area (Å²) in [6.45, 7) is 4.09. The summed E-state index contributed by atoms with van der Waals surface area (Å²) in [5, 5.41) is 6.41. The highest BCUT2D eigenvalue weighted by Gasteiger charge is 2.10. The maximum atomic E-state index is 12.4. The molecular formula is C26H25N3O2. The molecule has 1 amide bonds. The van der Waals surface area contributed by atoms with Crippen LogP contribution in [0, 0.1) is 13.8 Å². The van der Waals surface area contributed by atoms with Crippen molar-refractivity contribution in [1.82, 2.24) is 9.99 Å². The van der Waals surface area contributed by atoms with Crippen LogP contribution in [0.2, 0.25) is 0 Å². The maximum absolute atomic E-state index is 12.4. The average Bonchev–Trinajstić information content (AvgIpc) is 3.07. The van der Waals surface area contributed by atoms with Gasteiger partial charge in [-0.2, -0.15) is 5.10 Å². The van der Waals surface area contributed by atoms with Gasteiger partial charge in [0.2, 0.25) is 5.91 Å². The van der Waals surface area contributed by atoms with Crippen LogP contribution >= 0.6 is 0 Å². The summed E-state index contributed by atoms with van der Waals surface area (Å²) in [6, 6.07) is 24.0. The zero-order valence-corrected chi connectivity index (χ0v) is 17.9. The fourth-order valence-electron chi connectivity index (χ4n) is 3.88. The Labute approximate surface area is 182 Å². The molecule has 0 fully saturated rings. The molecule has 0 unspecified atom stereocenters. The van der Waals surface area contributed by atoms with E-state index in [1.165, 1.54) is 0 Å². The van der Waals surface area contributed by atoms with Crippen molar-refractivity contribution in [3.63, 3.8) is 0 Å². The molecule has 1 N–H and O–H groups in total. The summed E-state index contributed by atoms with van der Waals surface area (Å²) in [5.74, 6) is 0.679. The summed E-state index contributed by atoms with van der Waals surface area (Å²) in [6.07, 6.45) is 1.98. The first kappa shape index (κ1) is 20.4. The first-order valence-electron chi connectivity index (χ1n) is 10.2. The van der Waals surface area contributed by atoms with Gasteiger partial charge in [0.25, 0.3) is 0 Å². The summed E-state index contributed by atoms with van der Waals surface area (Å²) < 4.78 is 7.39. The van der Waals surface area contributed by atoms with E-state index in [0.717, 1.165) is 44.7 Å². The molecule has 0 aliphatic heterocycles. The Morgan fingerprint density at radius 3 is 2.55 bits per heavy atom. The van der Waals surface area contributed by atoms with Crippen molar-refractivity contribution in [2.45, 2.75) is 20.3 Å². The zero-order chi connectivity index (χ0) is 21.8. The average molecular weight is 412 g/mol. The summed E-state index contributed by atoms with van der Waals surface area (Å²) in [5.41, 5.74) is 7.80. The van der Waals surface area contributed by atoms with E-state index < -0.39 is 0 Å². The van der Waals surface area contributed by atoms with Gasteiger partial charge in [0.15, 0.2) is 0 Å². The third kappa shape index (κ3) is 4.36. The third-order valence-corrected chi connectivity index (χ3v) is 5.42. The lowest BCUT2D eigenvalue weighted by Gasteiger charge is -2.10. The highest BCUT2D eigenvalue weighted by atomic mass is 16.5. The van der Waals surface area contributed by atoms with Crippen LogP contribution in [-0.2, 0) is 11.2 Å². The van der Waals surface area contributed by atoms with Crippen LogP contribution in [0.5, 0.6) is 5.75 Å². The van der Waals surface area contributed by atoms with Gasteiger partial charge in [-0.3, -0.25) is 4.79 Å². The number of amides is 1. The Morgan fingerprint density at radius 1 is 1.03 bits per heavy atom. The second-order valence-corrected chi connectivity index (χ2v) is 7.47. The van der Waals surface area contributed by atoms with Crippen LogP contribution in [-0.4, -0.2) is 23.8 Å². The molecule has 4 rings (SSSR count). The van der Waals surface area contributed by atoms with Gasteiger partial charge in [-0.25, -0.2) is 5.43 Å². The van der Waals surface area contributed by atoms with Gasteiger partial charge in [-0.05, 0) is 60.5 Å². The van der Waals surface area contributed by atoms with E-state index in [1.807, 2.05) is 80.6 Å². The predicted molar refractivity (Wildman–Crippen MR) is 125 cm³/mol. The molecule has 1 aromatic heterocycles. The quantitative estimate of drug-likeness (QED) is 0.361. The minimum absolute atomic E-state index is 0.142. The van der Waals surface area contributed by atoms with Crippen molar-refractivity contribution in [2.24, 2.45) is 5.10 Å². The molecule has 0 bridgehead atoms. The van der Waals surface area contributed by atoms with Crippen molar-refractivity contribution >= 4 is 22.9 Å². The molecular weight excluding hydrogens is 386 g/mol. The van der Waals surface area contributed by atoms with E-state index in [4.69, 9.17) is 4.74 Å². The summed E-state index contributed by atoms with van der Waals surface area (Å²) in [7, 11) is 1.66. The lowest BCUT2D eigenvalue weighted by atomic mass is 10.0. The van der Waals surface area contributed by atoms with Gasteiger partial charge in [0.05, 0.1) is 19.7 Å². The largest absolute Gasteiger partial charge is 0.497 e. The molecule has 0 saturated heterocycles. The van der Waals surface area contributed by atoms with E-state index in [-0.39, 0.29) is 12.3 Å². The molecule has 5 nitrogen and oxygen atoms in total. The van der Waals surface area contributed by atoms with Crippen molar-refractivity contribution in [3.8, 4) is 11.4 Å². The van der Waals surface area contributed by atoms with E-state index in [1.54, 1.807) is 13.3 Å². The molecule has 31 heavy (non-hydrogen) atoms. The topological polar surface area (TPSA) is 55.6 Å². The number of fused-ring (bicyclic) bond motifs is 1. The number of aryl methyl sites for hydroxylation is 1. The van der Waals surface area contributed by atoms with Crippen molar-refractivity contribution in [1.29, 1.82) is 0 Å². The number of ether oxygens (including phenoxy) is 1. The van der Waals surface area contributed by atoms with Gasteiger partial charge in [-0.15, -0.1) is 0 Å². The first-order chi connectivity index (χ1) is 15.1. The van der Waals surface area contributed by atoms with E-state index in [2.05, 4.69) is 21.2 Å². The number of benzene rings is 3. The van der Waals surface area contributed by atoms with Crippen molar-refractivity contribution < 1.29 is 9.53 Å². The maximum Gasteiger partial charge on any atom is 0.244 e. The van der Waals surface area contributed by atoms with Gasteiger partial charge in [0, 0.05) is 22.6 Å². The molecule has 0 spiro atoms. The van der Waals surface area contributed by atoms with Crippen LogP contribution in [0.25, 0.3) is 16.5 Å². The smallest absolute Gasteiger partial charge is 0.244 e. The molecule has 0 saturated carbocycles. The number of methoxy groups -OCH3 is 1. The normalized spacial score (nSPS) is 11.2. The minimum atomic E-state index is -0.142. The monoisotopic (exact) mass is 411 g/mol. The number of hydrazone groups is 1. The fourth-order valence-corrected chi connectivity index (χ4v) is 3.88. The SMILES string of the molecule is COc1ccc(-n2c(C)cc(/C=N\NC(=O)Cc3cccc4ccccc34)c2C)cc1. The van der Waals surface area contributed by atoms with Crippen LogP contribution in [0.1, 0.15) is 22.5 Å². The lowest BCUT2D eigenvalue weighted by Crippen LogP contribution is -2.19. The van der Waals surface area contributed by atoms with Crippen molar-refractivity contribution in [2.75, 3.05) is 7.11 Å². The first-order valence-corrected chi connectivity index (χ1v) is 10.2. The Morgan fingerprint density at radius 2 is 1.77 bits per heavy atom. The molecule has 0 radical (unpaired) electrons. The Hall–Kier alpha value is -3.86. The highest BCUT2D eigenvalue weighted by Crippen LogP contribution is 2.22. The Kier molecular flexibility index (Phi) is 5.85. The standard InChI is InChI=1S/C26H25N3O2/c1-18-15-22(19(2)29(18)23-11-13-24(31-3)14-12-23)17-27-28-26(30)16-21-9-6-8-20-7-4-5-10-25(20)21/h4-15,17H,16H2,1-3H3,(H,28,30)/b27-17-. The van der Waals surface area contributed by atoms with E-state index in [9.17, 15) is 4.79 Å². The molecule has 156 valence electrons. The van der Waals surface area contributed by atoms with E-state index >= 15 is 0 Å². The van der Waals surface area contributed by atoms with Crippen molar-refractivity contribution in [3.05, 3.63) is 95.3 Å². The number of nitrogens with zero attached hydrogens (tertiary/aromatic N) is 2. The van der Waals surface area contributed by atoms with Crippen LogP contribution in [0.4, 0.5) is 0 Å². The number of hydrogen-bond donors (Lipinski definition) is 1. The minimum Gasteiger partial charge on any atom is -0.497 e. The fraction of sp³-hybridized carbons (Fsp3) is 0.154. The molecule has 0 atom stereocenters. The summed E-state index contributed by atoms with van der Waals surface area (Å²) >= 11 is 0. The number of nitrogens with one attached hydrogen (secondary N) is 1. The molecule has 5 heteroatoms. The van der Waals surface area contributed by atoms with Crippen LogP contribution in [0.15, 0.2) is 77.9 Å². The van der Waals surface area contributed by atoms with Gasteiger partial charge < -0.3 is 9.30 Å².